The highest BCUT2D eigenvalue weighted by atomic mass is 32.2. The molecule has 1 saturated heterocycles. The maximum absolute atomic E-state index is 12.4. The van der Waals surface area contributed by atoms with Crippen molar-refractivity contribution in [3.05, 3.63) is 30.3 Å². The summed E-state index contributed by atoms with van der Waals surface area (Å²) in [5, 5.41) is 3.60. The third kappa shape index (κ3) is 5.22. The molecule has 0 saturated carbocycles. The fourth-order valence-corrected chi connectivity index (χ4v) is 3.70. The molecule has 2 aliphatic rings. The Kier molecular flexibility index (Phi) is 6.33. The van der Waals surface area contributed by atoms with E-state index >= 15 is 0 Å². The highest BCUT2D eigenvalue weighted by Crippen LogP contribution is 2.19. The van der Waals surface area contributed by atoms with Gasteiger partial charge in [-0.1, -0.05) is 30.0 Å². The number of nitrogens with one attached hydrogen (secondary N) is 1. The quantitative estimate of drug-likeness (QED) is 0.870. The van der Waals surface area contributed by atoms with Crippen LogP contribution in [0.4, 0.5) is 0 Å². The SMILES string of the molecule is O=C(NC1=NCCS1)C1CCCN(C(=O)CCOc2ccccc2)C1. The molecule has 2 heterocycles. The van der Waals surface area contributed by atoms with E-state index in [1.807, 2.05) is 30.3 Å². The van der Waals surface area contributed by atoms with E-state index in [0.717, 1.165) is 30.9 Å². The average molecular weight is 361 g/mol. The molecule has 1 fully saturated rings. The first-order chi connectivity index (χ1) is 12.2. The lowest BCUT2D eigenvalue weighted by Gasteiger charge is -2.32. The third-order valence-corrected chi connectivity index (χ3v) is 5.18. The van der Waals surface area contributed by atoms with Crippen LogP contribution < -0.4 is 10.1 Å². The van der Waals surface area contributed by atoms with Crippen LogP contribution in [0.5, 0.6) is 5.75 Å². The van der Waals surface area contributed by atoms with Crippen LogP contribution in [0.1, 0.15) is 19.3 Å². The zero-order chi connectivity index (χ0) is 17.5. The maximum atomic E-state index is 12.4. The molecule has 2 amide bonds. The zero-order valence-electron chi connectivity index (χ0n) is 14.1. The number of amidine groups is 1. The number of carbonyl (C=O) groups is 2. The molecule has 1 N–H and O–H groups in total. The number of piperidine rings is 1. The second-order valence-electron chi connectivity index (χ2n) is 6.12. The minimum atomic E-state index is -0.156. The van der Waals surface area contributed by atoms with Gasteiger partial charge in [0.1, 0.15) is 5.75 Å². The lowest BCUT2D eigenvalue weighted by atomic mass is 9.97. The highest BCUT2D eigenvalue weighted by Gasteiger charge is 2.29. The summed E-state index contributed by atoms with van der Waals surface area (Å²) in [7, 11) is 0. The topological polar surface area (TPSA) is 71.0 Å². The molecule has 0 radical (unpaired) electrons. The van der Waals surface area contributed by atoms with Gasteiger partial charge in [0.25, 0.3) is 0 Å². The summed E-state index contributed by atoms with van der Waals surface area (Å²) in [4.78, 5) is 30.8. The van der Waals surface area contributed by atoms with E-state index in [1.165, 1.54) is 0 Å². The lowest BCUT2D eigenvalue weighted by molar-refractivity contribution is -0.135. The molecule has 0 aliphatic carbocycles. The molecule has 1 aromatic rings. The van der Waals surface area contributed by atoms with E-state index in [0.29, 0.717) is 31.3 Å². The number of ether oxygens (including phenoxy) is 1. The molecule has 7 heteroatoms. The Labute approximate surface area is 152 Å². The molecule has 2 aliphatic heterocycles. The van der Waals surface area contributed by atoms with Crippen LogP contribution in [0.3, 0.4) is 0 Å². The van der Waals surface area contributed by atoms with Crippen molar-refractivity contribution < 1.29 is 14.3 Å². The standard InChI is InChI=1S/C18H23N3O3S/c22-16(8-11-24-15-6-2-1-3-7-15)21-10-4-5-14(13-21)17(23)20-18-19-9-12-25-18/h1-3,6-7,14H,4-5,8-13H2,(H,19,20,23). The number of benzene rings is 1. The molecule has 0 spiro atoms. The smallest absolute Gasteiger partial charge is 0.230 e. The maximum Gasteiger partial charge on any atom is 0.230 e. The number of amides is 2. The Morgan fingerprint density at radius 2 is 2.16 bits per heavy atom. The van der Waals surface area contributed by atoms with Gasteiger partial charge < -0.3 is 15.0 Å². The predicted molar refractivity (Wildman–Crippen MR) is 98.8 cm³/mol. The lowest BCUT2D eigenvalue weighted by Crippen LogP contribution is -2.46. The minimum Gasteiger partial charge on any atom is -0.493 e. The number of rotatable bonds is 5. The largest absolute Gasteiger partial charge is 0.493 e. The van der Waals surface area contributed by atoms with Gasteiger partial charge in [-0.2, -0.15) is 0 Å². The average Bonchev–Trinajstić information content (AvgIpc) is 3.15. The van der Waals surface area contributed by atoms with E-state index in [1.54, 1.807) is 16.7 Å². The molecule has 3 rings (SSSR count). The summed E-state index contributed by atoms with van der Waals surface area (Å²) >= 11 is 1.57. The van der Waals surface area contributed by atoms with Gasteiger partial charge >= 0.3 is 0 Å². The molecule has 134 valence electrons. The van der Waals surface area contributed by atoms with E-state index in [-0.39, 0.29) is 17.7 Å². The van der Waals surface area contributed by atoms with Crippen molar-refractivity contribution in [1.29, 1.82) is 0 Å². The second-order valence-corrected chi connectivity index (χ2v) is 7.20. The number of para-hydroxylation sites is 1. The van der Waals surface area contributed by atoms with Crippen LogP contribution >= 0.6 is 11.8 Å². The van der Waals surface area contributed by atoms with E-state index in [9.17, 15) is 9.59 Å². The highest BCUT2D eigenvalue weighted by molar-refractivity contribution is 8.14. The molecule has 1 aromatic carbocycles. The first-order valence-corrected chi connectivity index (χ1v) is 9.64. The van der Waals surface area contributed by atoms with E-state index < -0.39 is 0 Å². The number of aliphatic imine (C=N–C) groups is 1. The van der Waals surface area contributed by atoms with Crippen LogP contribution in [0.25, 0.3) is 0 Å². The molecule has 1 atom stereocenters. The zero-order valence-corrected chi connectivity index (χ0v) is 15.0. The summed E-state index contributed by atoms with van der Waals surface area (Å²) in [5.41, 5.74) is 0. The fourth-order valence-electron chi connectivity index (χ4n) is 2.97. The third-order valence-electron chi connectivity index (χ3n) is 4.29. The van der Waals surface area contributed by atoms with Crippen LogP contribution in [-0.4, -0.2) is 53.9 Å². The summed E-state index contributed by atoms with van der Waals surface area (Å²) in [6.07, 6.45) is 1.99. The van der Waals surface area contributed by atoms with Crippen molar-refractivity contribution in [2.75, 3.05) is 32.0 Å². The van der Waals surface area contributed by atoms with E-state index in [4.69, 9.17) is 4.74 Å². The molecule has 6 nitrogen and oxygen atoms in total. The summed E-state index contributed by atoms with van der Waals surface area (Å²) in [5.74, 6) is 1.55. The van der Waals surface area contributed by atoms with Crippen LogP contribution in [-0.2, 0) is 9.59 Å². The first-order valence-electron chi connectivity index (χ1n) is 8.66. The Morgan fingerprint density at radius 3 is 2.92 bits per heavy atom. The molecule has 25 heavy (non-hydrogen) atoms. The van der Waals surface area contributed by atoms with Crippen LogP contribution in [0, 0.1) is 5.92 Å². The number of thioether (sulfide) groups is 1. The van der Waals surface area contributed by atoms with Crippen molar-refractivity contribution in [3.63, 3.8) is 0 Å². The van der Waals surface area contributed by atoms with Gasteiger partial charge in [-0.05, 0) is 25.0 Å². The predicted octanol–water partition coefficient (Wildman–Crippen LogP) is 1.91. The monoisotopic (exact) mass is 361 g/mol. The van der Waals surface area contributed by atoms with Crippen molar-refractivity contribution in [1.82, 2.24) is 10.2 Å². The van der Waals surface area contributed by atoms with Gasteiger partial charge in [-0.3, -0.25) is 14.6 Å². The first kappa shape index (κ1) is 17.8. The van der Waals surface area contributed by atoms with Crippen LogP contribution in [0.15, 0.2) is 35.3 Å². The normalized spacial score (nSPS) is 20.1. The Hall–Kier alpha value is -2.02. The number of nitrogens with zero attached hydrogens (tertiary/aromatic N) is 2. The summed E-state index contributed by atoms with van der Waals surface area (Å²) in [6, 6.07) is 9.47. The fraction of sp³-hybridized carbons (Fsp3) is 0.500. The van der Waals surface area contributed by atoms with E-state index in [2.05, 4.69) is 10.3 Å². The van der Waals surface area contributed by atoms with Gasteiger partial charge in [0.15, 0.2) is 5.17 Å². The molecular weight excluding hydrogens is 338 g/mol. The Morgan fingerprint density at radius 1 is 1.32 bits per heavy atom. The van der Waals surface area contributed by atoms with Gasteiger partial charge in [0.2, 0.25) is 11.8 Å². The minimum absolute atomic E-state index is 0.0221. The molecule has 1 unspecified atom stereocenters. The number of carbonyl (C=O) groups excluding carboxylic acids is 2. The van der Waals surface area contributed by atoms with Gasteiger partial charge in [0, 0.05) is 18.8 Å². The van der Waals surface area contributed by atoms with Crippen molar-refractivity contribution >= 4 is 28.7 Å². The van der Waals surface area contributed by atoms with Gasteiger partial charge in [0.05, 0.1) is 25.5 Å². The Bertz CT molecular complexity index is 636. The number of likely N-dealkylation sites (tertiary alicyclic amines) is 1. The van der Waals surface area contributed by atoms with Crippen LogP contribution in [0.2, 0.25) is 0 Å². The van der Waals surface area contributed by atoms with Crippen molar-refractivity contribution in [2.24, 2.45) is 10.9 Å². The van der Waals surface area contributed by atoms with Crippen molar-refractivity contribution in [3.8, 4) is 5.75 Å². The van der Waals surface area contributed by atoms with Gasteiger partial charge in [-0.25, -0.2) is 0 Å². The second kappa shape index (κ2) is 8.89. The number of hydrogen-bond acceptors (Lipinski definition) is 5. The van der Waals surface area contributed by atoms with Gasteiger partial charge in [-0.15, -0.1) is 0 Å². The molecular formula is C18H23N3O3S. The van der Waals surface area contributed by atoms with Crippen molar-refractivity contribution in [2.45, 2.75) is 19.3 Å². The molecule has 0 bridgehead atoms. The summed E-state index contributed by atoms with van der Waals surface area (Å²) < 4.78 is 5.59. The molecule has 0 aromatic heterocycles. The summed E-state index contributed by atoms with van der Waals surface area (Å²) in [6.45, 7) is 2.30. The number of hydrogen-bond donors (Lipinski definition) is 1. The Balaban J connectivity index is 1.43.